The molecule has 0 saturated carbocycles. The average Bonchev–Trinajstić information content (AvgIpc) is 3.47. The van der Waals surface area contributed by atoms with Gasteiger partial charge in [0, 0.05) is 25.7 Å². The minimum absolute atomic E-state index is 0.105. The molecule has 0 spiro atoms. The summed E-state index contributed by atoms with van der Waals surface area (Å²) >= 11 is 0. The third-order valence-electron chi connectivity index (χ3n) is 15.6. The zero-order chi connectivity index (χ0) is 62.9. The number of rotatable bonds is 65. The largest absolute Gasteiger partial charge is 0.472 e. The van der Waals surface area contributed by atoms with Crippen LogP contribution in [0.1, 0.15) is 330 Å². The van der Waals surface area contributed by atoms with Crippen molar-refractivity contribution < 1.29 is 80.2 Å². The van der Waals surface area contributed by atoms with Gasteiger partial charge in [-0.25, -0.2) is 9.13 Å². The highest BCUT2D eigenvalue weighted by atomic mass is 31.2. The van der Waals surface area contributed by atoms with Crippen molar-refractivity contribution in [2.24, 2.45) is 11.8 Å². The molecule has 504 valence electrons. The molecule has 0 aliphatic heterocycles. The van der Waals surface area contributed by atoms with Crippen LogP contribution in [0.15, 0.2) is 0 Å². The lowest BCUT2D eigenvalue weighted by atomic mass is 9.99. The molecule has 0 aromatic rings. The zero-order valence-electron chi connectivity index (χ0n) is 54.9. The molecule has 0 aliphatic rings. The lowest BCUT2D eigenvalue weighted by Crippen LogP contribution is -2.30. The number of phosphoric acid groups is 2. The summed E-state index contributed by atoms with van der Waals surface area (Å²) in [6.45, 7) is 9.39. The van der Waals surface area contributed by atoms with Crippen LogP contribution < -0.4 is 0 Å². The monoisotopic (exact) mass is 1250 g/mol. The number of aliphatic hydroxyl groups excluding tert-OH is 1. The molecule has 0 radical (unpaired) electrons. The molecule has 85 heavy (non-hydrogen) atoms. The van der Waals surface area contributed by atoms with Crippen LogP contribution >= 0.6 is 15.6 Å². The minimum Gasteiger partial charge on any atom is -0.462 e. The van der Waals surface area contributed by atoms with Gasteiger partial charge in [-0.15, -0.1) is 0 Å². The van der Waals surface area contributed by atoms with Crippen molar-refractivity contribution in [3.05, 3.63) is 0 Å². The smallest absolute Gasteiger partial charge is 0.462 e. The molecule has 0 amide bonds. The fraction of sp³-hybridized carbons (Fsp3) is 0.939. The number of unbranched alkanes of at least 4 members (excludes halogenated alkanes) is 34. The van der Waals surface area contributed by atoms with E-state index in [0.717, 1.165) is 109 Å². The molecule has 17 nitrogen and oxygen atoms in total. The zero-order valence-corrected chi connectivity index (χ0v) is 56.7. The van der Waals surface area contributed by atoms with Gasteiger partial charge in [-0.2, -0.15) is 0 Å². The van der Waals surface area contributed by atoms with E-state index in [4.69, 9.17) is 37.0 Å². The van der Waals surface area contributed by atoms with Gasteiger partial charge in [-0.05, 0) is 37.5 Å². The Labute approximate surface area is 517 Å². The Balaban J connectivity index is 5.03. The van der Waals surface area contributed by atoms with Gasteiger partial charge < -0.3 is 33.8 Å². The Morgan fingerprint density at radius 1 is 0.341 bits per heavy atom. The van der Waals surface area contributed by atoms with Crippen molar-refractivity contribution in [3.63, 3.8) is 0 Å². The number of aliphatic hydroxyl groups is 1. The Morgan fingerprint density at radius 2 is 0.600 bits per heavy atom. The number of carbonyl (C=O) groups is 4. The molecule has 0 saturated heterocycles. The summed E-state index contributed by atoms with van der Waals surface area (Å²) in [7, 11) is -9.88. The maximum Gasteiger partial charge on any atom is 0.472 e. The average molecular weight is 1260 g/mol. The first-order valence-electron chi connectivity index (χ1n) is 34.5. The Hall–Kier alpha value is -1.94. The molecule has 6 atom stereocenters. The van der Waals surface area contributed by atoms with Gasteiger partial charge in [0.2, 0.25) is 0 Å². The van der Waals surface area contributed by atoms with E-state index in [1.165, 1.54) is 135 Å². The van der Waals surface area contributed by atoms with E-state index < -0.39 is 97.5 Å². The van der Waals surface area contributed by atoms with Gasteiger partial charge in [0.15, 0.2) is 12.2 Å². The highest BCUT2D eigenvalue weighted by Crippen LogP contribution is 2.45. The molecule has 0 aliphatic carbocycles. The molecule has 0 fully saturated rings. The molecule has 3 N–H and O–H groups in total. The van der Waals surface area contributed by atoms with Crippen LogP contribution in [0.4, 0.5) is 0 Å². The molecule has 19 heteroatoms. The summed E-state index contributed by atoms with van der Waals surface area (Å²) in [5.74, 6) is -0.596. The summed E-state index contributed by atoms with van der Waals surface area (Å²) in [6, 6.07) is 0. The van der Waals surface area contributed by atoms with Crippen LogP contribution in [0.3, 0.4) is 0 Å². The lowest BCUT2D eigenvalue weighted by molar-refractivity contribution is -0.161. The molecule has 0 aromatic heterocycles. The first-order chi connectivity index (χ1) is 40.9. The SMILES string of the molecule is CCCCCCCCCCCC(=O)O[C@H](COC(=O)CCCCCCC)COP(=O)(O)OC[C@H](O)COP(=O)(O)OC[C@@H](COC(=O)CCCCCCCCC(C)C)OC(=O)CCCCCCCCCCCCCCCCCCCCC(C)CC. The summed E-state index contributed by atoms with van der Waals surface area (Å²) in [5, 5.41) is 10.5. The number of phosphoric ester groups is 2. The molecule has 0 rings (SSSR count). The van der Waals surface area contributed by atoms with Crippen molar-refractivity contribution in [2.45, 2.75) is 349 Å². The highest BCUT2D eigenvalue weighted by molar-refractivity contribution is 7.47. The molecule has 0 bridgehead atoms. The molecule has 0 heterocycles. The van der Waals surface area contributed by atoms with Crippen LogP contribution in [-0.4, -0.2) is 96.7 Å². The third-order valence-corrected chi connectivity index (χ3v) is 17.5. The van der Waals surface area contributed by atoms with Crippen LogP contribution in [-0.2, 0) is 65.4 Å². The van der Waals surface area contributed by atoms with E-state index in [2.05, 4.69) is 41.5 Å². The van der Waals surface area contributed by atoms with E-state index in [-0.39, 0.29) is 25.7 Å². The van der Waals surface area contributed by atoms with Crippen molar-refractivity contribution in [2.75, 3.05) is 39.6 Å². The van der Waals surface area contributed by atoms with Gasteiger partial charge in [0.1, 0.15) is 19.3 Å². The summed E-state index contributed by atoms with van der Waals surface area (Å²) < 4.78 is 67.7. The second-order valence-corrected chi connectivity index (χ2v) is 27.5. The van der Waals surface area contributed by atoms with Crippen LogP contribution in [0.5, 0.6) is 0 Å². The molecular formula is C66H128O17P2. The van der Waals surface area contributed by atoms with Crippen molar-refractivity contribution in [1.29, 1.82) is 0 Å². The van der Waals surface area contributed by atoms with E-state index in [9.17, 15) is 43.2 Å². The van der Waals surface area contributed by atoms with Crippen molar-refractivity contribution in [1.82, 2.24) is 0 Å². The van der Waals surface area contributed by atoms with Crippen molar-refractivity contribution >= 4 is 39.5 Å². The van der Waals surface area contributed by atoms with Crippen LogP contribution in [0, 0.1) is 11.8 Å². The lowest BCUT2D eigenvalue weighted by Gasteiger charge is -2.21. The minimum atomic E-state index is -4.94. The number of carbonyl (C=O) groups excluding carboxylic acids is 4. The fourth-order valence-corrected chi connectivity index (χ4v) is 11.4. The van der Waals surface area contributed by atoms with Gasteiger partial charge in [-0.3, -0.25) is 37.3 Å². The summed E-state index contributed by atoms with van der Waals surface area (Å²) in [5.41, 5.74) is 0. The predicted molar refractivity (Wildman–Crippen MR) is 340 cm³/mol. The van der Waals surface area contributed by atoms with Gasteiger partial charge >= 0.3 is 39.5 Å². The molecular weight excluding hydrogens is 1130 g/mol. The third kappa shape index (κ3) is 59.5. The highest BCUT2D eigenvalue weighted by Gasteiger charge is 2.30. The van der Waals surface area contributed by atoms with Gasteiger partial charge in [-0.1, -0.05) is 279 Å². The van der Waals surface area contributed by atoms with Gasteiger partial charge in [0.25, 0.3) is 0 Å². The maximum absolute atomic E-state index is 13.0. The van der Waals surface area contributed by atoms with E-state index in [0.29, 0.717) is 31.6 Å². The molecule has 3 unspecified atom stereocenters. The quantitative estimate of drug-likeness (QED) is 0.0222. The van der Waals surface area contributed by atoms with E-state index >= 15 is 0 Å². The van der Waals surface area contributed by atoms with E-state index in [1.807, 2.05) is 0 Å². The second kappa shape index (κ2) is 58.4. The van der Waals surface area contributed by atoms with Crippen LogP contribution in [0.25, 0.3) is 0 Å². The Bertz CT molecular complexity index is 1670. The summed E-state index contributed by atoms with van der Waals surface area (Å²) in [6.07, 6.45) is 42.4. The number of hydrogen-bond donors (Lipinski definition) is 3. The second-order valence-electron chi connectivity index (χ2n) is 24.6. The van der Waals surface area contributed by atoms with Gasteiger partial charge in [0.05, 0.1) is 26.4 Å². The van der Waals surface area contributed by atoms with Crippen molar-refractivity contribution in [3.8, 4) is 0 Å². The standard InChI is InChI=1S/C66H128O17P2/c1-7-10-12-14-15-26-30-38-44-50-65(70)82-61(54-76-63(68)48-42-34-13-11-8-2)56-80-84(72,73)78-52-60(67)53-79-85(74,75)81-57-62(55-77-64(69)49-43-37-33-32-35-40-46-58(4)5)83-66(71)51-45-39-31-28-25-23-21-19-17-16-18-20-22-24-27-29-36-41-47-59(6)9-3/h58-62,67H,7-57H2,1-6H3,(H,72,73)(H,74,75)/t59?,60-,61+,62+/m0/s1. The summed E-state index contributed by atoms with van der Waals surface area (Å²) in [4.78, 5) is 71.9. The Kier molecular flexibility index (Phi) is 57.1. The van der Waals surface area contributed by atoms with E-state index in [1.54, 1.807) is 0 Å². The normalized spacial score (nSPS) is 14.6. The first kappa shape index (κ1) is 83.1. The topological polar surface area (TPSA) is 237 Å². The Morgan fingerprint density at radius 3 is 0.894 bits per heavy atom. The molecule has 0 aromatic carbocycles. The fourth-order valence-electron chi connectivity index (χ4n) is 9.85. The number of ether oxygens (including phenoxy) is 4. The predicted octanol–water partition coefficient (Wildman–Crippen LogP) is 18.4. The first-order valence-corrected chi connectivity index (χ1v) is 37.5. The number of hydrogen-bond acceptors (Lipinski definition) is 15. The van der Waals surface area contributed by atoms with Crippen LogP contribution in [0.2, 0.25) is 0 Å². The number of esters is 4. The maximum atomic E-state index is 13.0.